The third kappa shape index (κ3) is 4.07. The minimum absolute atomic E-state index is 0.752. The molecule has 3 heteroatoms. The zero-order chi connectivity index (χ0) is 13.7. The van der Waals surface area contributed by atoms with E-state index in [0.29, 0.717) is 0 Å². The maximum atomic E-state index is 5.37. The normalized spacial score (nSPS) is 10.0. The van der Waals surface area contributed by atoms with Crippen molar-refractivity contribution in [2.24, 2.45) is 0 Å². The highest BCUT2D eigenvalue weighted by atomic mass is 32.1. The second-order valence-corrected chi connectivity index (χ2v) is 4.93. The van der Waals surface area contributed by atoms with Crippen molar-refractivity contribution in [2.75, 3.05) is 12.4 Å². The summed E-state index contributed by atoms with van der Waals surface area (Å²) in [5, 5.41) is 3.23. The molecule has 0 atom stereocenters. The molecule has 2 nitrogen and oxygen atoms in total. The van der Waals surface area contributed by atoms with Crippen LogP contribution in [0.1, 0.15) is 11.1 Å². The molecule has 0 unspecified atom stereocenters. The molecule has 1 N–H and O–H groups in total. The molecular weight excluding hydrogens is 254 g/mol. The molecule has 0 aromatic heterocycles. The number of benzene rings is 2. The van der Waals surface area contributed by atoms with E-state index in [9.17, 15) is 0 Å². The molecule has 0 spiro atoms. The Morgan fingerprint density at radius 3 is 2.26 bits per heavy atom. The molecule has 0 saturated heterocycles. The Hall–Kier alpha value is -1.87. The van der Waals surface area contributed by atoms with Crippen molar-refractivity contribution in [3.63, 3.8) is 0 Å². The van der Waals surface area contributed by atoms with Gasteiger partial charge in [0.05, 0.1) is 12.1 Å². The summed E-state index contributed by atoms with van der Waals surface area (Å²) in [4.78, 5) is 0.814. The average molecular weight is 271 g/mol. The van der Waals surface area contributed by atoms with E-state index in [1.807, 2.05) is 24.3 Å². The van der Waals surface area contributed by atoms with Gasteiger partial charge in [-0.3, -0.25) is 0 Å². The number of hydrogen-bond acceptors (Lipinski definition) is 2. The minimum atomic E-state index is 0.752. The Kier molecular flexibility index (Phi) is 4.53. The van der Waals surface area contributed by atoms with Crippen molar-refractivity contribution < 1.29 is 4.74 Å². The fourth-order valence-corrected chi connectivity index (χ4v) is 2.06. The zero-order valence-corrected chi connectivity index (χ0v) is 12.0. The molecule has 19 heavy (non-hydrogen) atoms. The number of anilines is 1. The summed E-state index contributed by atoms with van der Waals surface area (Å²) in [5.74, 6) is 0.843. The lowest BCUT2D eigenvalue weighted by Crippen LogP contribution is -2.11. The fourth-order valence-electron chi connectivity index (χ4n) is 1.77. The molecule has 0 heterocycles. The van der Waals surface area contributed by atoms with Gasteiger partial charge in [-0.15, -0.1) is 0 Å². The molecule has 0 aliphatic rings. The number of ether oxygens (including phenoxy) is 1. The standard InChI is InChI=1S/C16H17NOS/c1-12-3-5-13(6-4-12)11-16(19)17-14-7-9-15(18-2)10-8-14/h3-10H,11H2,1-2H3,(H,17,19). The molecule has 0 saturated carbocycles. The van der Waals surface area contributed by atoms with E-state index >= 15 is 0 Å². The highest BCUT2D eigenvalue weighted by molar-refractivity contribution is 7.80. The third-order valence-corrected chi connectivity index (χ3v) is 3.11. The van der Waals surface area contributed by atoms with Gasteiger partial charge >= 0.3 is 0 Å². The van der Waals surface area contributed by atoms with E-state index in [1.165, 1.54) is 11.1 Å². The van der Waals surface area contributed by atoms with Gasteiger partial charge in [-0.25, -0.2) is 0 Å². The highest BCUT2D eigenvalue weighted by Gasteiger charge is 2.00. The van der Waals surface area contributed by atoms with E-state index in [2.05, 4.69) is 36.5 Å². The lowest BCUT2D eigenvalue weighted by molar-refractivity contribution is 0.415. The van der Waals surface area contributed by atoms with Crippen LogP contribution in [0.4, 0.5) is 5.69 Å². The summed E-state index contributed by atoms with van der Waals surface area (Å²) in [7, 11) is 1.66. The van der Waals surface area contributed by atoms with Crippen LogP contribution in [0.15, 0.2) is 48.5 Å². The molecule has 0 aliphatic heterocycles. The first-order valence-electron chi connectivity index (χ1n) is 6.17. The van der Waals surface area contributed by atoms with Crippen molar-refractivity contribution in [2.45, 2.75) is 13.3 Å². The van der Waals surface area contributed by atoms with Crippen LogP contribution in [0, 0.1) is 6.92 Å². The Morgan fingerprint density at radius 2 is 1.68 bits per heavy atom. The lowest BCUT2D eigenvalue weighted by atomic mass is 10.1. The van der Waals surface area contributed by atoms with E-state index in [0.717, 1.165) is 22.8 Å². The molecule has 0 radical (unpaired) electrons. The van der Waals surface area contributed by atoms with Gasteiger partial charge in [-0.05, 0) is 36.8 Å². The van der Waals surface area contributed by atoms with Crippen LogP contribution < -0.4 is 10.1 Å². The maximum Gasteiger partial charge on any atom is 0.119 e. The van der Waals surface area contributed by atoms with Crippen molar-refractivity contribution in [1.29, 1.82) is 0 Å². The summed E-state index contributed by atoms with van der Waals surface area (Å²) in [6, 6.07) is 16.2. The van der Waals surface area contributed by atoms with E-state index < -0.39 is 0 Å². The number of hydrogen-bond donors (Lipinski definition) is 1. The lowest BCUT2D eigenvalue weighted by Gasteiger charge is -2.09. The van der Waals surface area contributed by atoms with Crippen LogP contribution in [-0.4, -0.2) is 12.1 Å². The smallest absolute Gasteiger partial charge is 0.119 e. The van der Waals surface area contributed by atoms with Gasteiger partial charge < -0.3 is 10.1 Å². The molecule has 2 aromatic rings. The molecule has 0 fully saturated rings. The molecule has 0 aliphatic carbocycles. The number of aryl methyl sites for hydroxylation is 1. The van der Waals surface area contributed by atoms with Crippen LogP contribution in [0.5, 0.6) is 5.75 Å². The summed E-state index contributed by atoms with van der Waals surface area (Å²) < 4.78 is 5.12. The minimum Gasteiger partial charge on any atom is -0.497 e. The predicted molar refractivity (Wildman–Crippen MR) is 84.1 cm³/mol. The molecule has 0 bridgehead atoms. The number of nitrogens with one attached hydrogen (secondary N) is 1. The quantitative estimate of drug-likeness (QED) is 0.850. The van der Waals surface area contributed by atoms with Crippen LogP contribution in [0.2, 0.25) is 0 Å². The van der Waals surface area contributed by atoms with Crippen molar-refractivity contribution >= 4 is 22.9 Å². The van der Waals surface area contributed by atoms with Gasteiger partial charge in [0.15, 0.2) is 0 Å². The second-order valence-electron chi connectivity index (χ2n) is 4.44. The van der Waals surface area contributed by atoms with Crippen LogP contribution in [0.3, 0.4) is 0 Å². The number of methoxy groups -OCH3 is 1. The van der Waals surface area contributed by atoms with Gasteiger partial charge in [-0.1, -0.05) is 42.0 Å². The van der Waals surface area contributed by atoms with E-state index in [-0.39, 0.29) is 0 Å². The summed E-state index contributed by atoms with van der Waals surface area (Å²) in [6.45, 7) is 2.08. The summed E-state index contributed by atoms with van der Waals surface area (Å²) >= 11 is 5.37. The van der Waals surface area contributed by atoms with Gasteiger partial charge in [0.1, 0.15) is 5.75 Å². The zero-order valence-electron chi connectivity index (χ0n) is 11.1. The first-order valence-corrected chi connectivity index (χ1v) is 6.57. The SMILES string of the molecule is COc1ccc(NC(=S)Cc2ccc(C)cc2)cc1. The first kappa shape index (κ1) is 13.6. The van der Waals surface area contributed by atoms with Crippen LogP contribution in [-0.2, 0) is 6.42 Å². The Balaban J connectivity index is 1.95. The Morgan fingerprint density at radius 1 is 1.05 bits per heavy atom. The summed E-state index contributed by atoms with van der Waals surface area (Å²) in [6.07, 6.45) is 0.752. The fraction of sp³-hybridized carbons (Fsp3) is 0.188. The van der Waals surface area contributed by atoms with E-state index in [4.69, 9.17) is 17.0 Å². The topological polar surface area (TPSA) is 21.3 Å². The maximum absolute atomic E-state index is 5.37. The van der Waals surface area contributed by atoms with Crippen LogP contribution in [0.25, 0.3) is 0 Å². The van der Waals surface area contributed by atoms with Gasteiger partial charge in [-0.2, -0.15) is 0 Å². The van der Waals surface area contributed by atoms with Gasteiger partial charge in [0.25, 0.3) is 0 Å². The number of rotatable bonds is 4. The van der Waals surface area contributed by atoms with Gasteiger partial charge in [0, 0.05) is 12.1 Å². The average Bonchev–Trinajstić information content (AvgIpc) is 2.42. The monoisotopic (exact) mass is 271 g/mol. The molecular formula is C16H17NOS. The Labute approximate surface area is 119 Å². The second kappa shape index (κ2) is 6.34. The largest absolute Gasteiger partial charge is 0.497 e. The highest BCUT2D eigenvalue weighted by Crippen LogP contribution is 2.15. The Bertz CT molecular complexity index is 546. The van der Waals surface area contributed by atoms with Gasteiger partial charge in [0.2, 0.25) is 0 Å². The predicted octanol–water partition coefficient (Wildman–Crippen LogP) is 3.99. The molecule has 0 amide bonds. The number of thiocarbonyl (C=S) groups is 1. The third-order valence-electron chi connectivity index (χ3n) is 2.86. The first-order chi connectivity index (χ1) is 9.17. The van der Waals surface area contributed by atoms with Crippen molar-refractivity contribution in [3.05, 3.63) is 59.7 Å². The molecule has 2 aromatic carbocycles. The van der Waals surface area contributed by atoms with Crippen molar-refractivity contribution in [1.82, 2.24) is 0 Å². The summed E-state index contributed by atoms with van der Waals surface area (Å²) in [5.41, 5.74) is 3.47. The molecule has 98 valence electrons. The van der Waals surface area contributed by atoms with Crippen molar-refractivity contribution in [3.8, 4) is 5.75 Å². The van der Waals surface area contributed by atoms with E-state index in [1.54, 1.807) is 7.11 Å². The molecule has 2 rings (SSSR count). The van der Waals surface area contributed by atoms with Crippen LogP contribution >= 0.6 is 12.2 Å².